The normalized spacial score (nSPS) is 20.6. The van der Waals surface area contributed by atoms with E-state index >= 15 is 0 Å². The van der Waals surface area contributed by atoms with E-state index in [1.54, 1.807) is 0 Å². The Morgan fingerprint density at radius 2 is 1.66 bits per heavy atom. The maximum absolute atomic E-state index is 12.9. The molecule has 2 aromatic rings. The van der Waals surface area contributed by atoms with Crippen LogP contribution in [0.3, 0.4) is 0 Å². The van der Waals surface area contributed by atoms with Crippen LogP contribution in [-0.2, 0) is 35.0 Å². The van der Waals surface area contributed by atoms with Gasteiger partial charge < -0.3 is 60.8 Å². The van der Waals surface area contributed by atoms with Crippen molar-refractivity contribution < 1.29 is 57.8 Å². The van der Waals surface area contributed by atoms with Crippen molar-refractivity contribution in [3.05, 3.63) is 55.8 Å². The summed E-state index contributed by atoms with van der Waals surface area (Å²) in [7, 11) is 2.99. The number of aliphatic hydroxyl groups is 3. The number of hydrogen-bond donors (Lipinski definition) is 8. The molecule has 0 aromatic heterocycles. The summed E-state index contributed by atoms with van der Waals surface area (Å²) in [5, 5.41) is 54.5. The van der Waals surface area contributed by atoms with Gasteiger partial charge in [0.15, 0.2) is 0 Å². The van der Waals surface area contributed by atoms with Crippen LogP contribution in [0.2, 0.25) is 0 Å². The summed E-state index contributed by atoms with van der Waals surface area (Å²) in [5.41, 5.74) is -0.681. The fourth-order valence-corrected chi connectivity index (χ4v) is 5.88. The molecule has 0 unspecified atom stereocenters. The van der Waals surface area contributed by atoms with Gasteiger partial charge in [-0.3, -0.25) is 19.2 Å². The first-order valence-corrected chi connectivity index (χ1v) is 18.1. The molecule has 0 spiro atoms. The van der Waals surface area contributed by atoms with E-state index < -0.39 is 84.3 Å². The number of alkyl halides is 2. The molecule has 310 valence electrons. The quantitative estimate of drug-likeness (QED) is 0.0353. The lowest BCUT2D eigenvalue weighted by Gasteiger charge is -2.46. The smallest absolute Gasteiger partial charge is 0.364 e. The standard InChI is InChI=1S/C37H51F2N5O12/c1-4-15-54-17-14-41-30-29(32(50)33(30)51)40-13-7-5-6-8-16-55-37(36(52)53)19-24(45)28(43-21-27(48)44(2)3)34(56-37)31(49)25(46)20-42-26(47)18-22-9-11-23(12-10-22)35(38)39/h1,9-12,24-25,28,31,34-35,40-41,43,45-46,49H,5-8,13-21H2,2-3H3,(H,42,47)(H,52,53)/t24-,25+,28+,31+,34+,37+/m0/s1. The van der Waals surface area contributed by atoms with Crippen molar-refractivity contribution in [3.63, 3.8) is 0 Å². The van der Waals surface area contributed by atoms with Crippen molar-refractivity contribution in [2.24, 2.45) is 0 Å². The molecular formula is C37H51F2N5O12. The van der Waals surface area contributed by atoms with Crippen molar-refractivity contribution in [2.75, 3.05) is 70.7 Å². The molecule has 17 nitrogen and oxygen atoms in total. The minimum atomic E-state index is -2.67. The maximum Gasteiger partial charge on any atom is 0.364 e. The molecule has 1 saturated heterocycles. The third-order valence-electron chi connectivity index (χ3n) is 9.07. The van der Waals surface area contributed by atoms with Crippen molar-refractivity contribution in [3.8, 4) is 12.3 Å². The number of nitrogens with zero attached hydrogens (tertiary/aromatic N) is 1. The minimum absolute atomic E-state index is 0.125. The number of nitrogens with one attached hydrogen (secondary N) is 4. The van der Waals surface area contributed by atoms with E-state index in [9.17, 15) is 53.2 Å². The monoisotopic (exact) mass is 795 g/mol. The number of carbonyl (C=O) groups excluding carboxylic acids is 2. The Balaban J connectivity index is 1.56. The van der Waals surface area contributed by atoms with Gasteiger partial charge in [-0.05, 0) is 18.4 Å². The zero-order valence-electron chi connectivity index (χ0n) is 31.3. The van der Waals surface area contributed by atoms with Crippen LogP contribution in [0.25, 0.3) is 0 Å². The van der Waals surface area contributed by atoms with Gasteiger partial charge in [0, 0.05) is 45.7 Å². The predicted octanol–water partition coefficient (Wildman–Crippen LogP) is -0.671. The second-order valence-electron chi connectivity index (χ2n) is 13.5. The Labute approximate surface area is 322 Å². The summed E-state index contributed by atoms with van der Waals surface area (Å²) in [4.78, 5) is 62.6. The molecule has 1 heterocycles. The number of carbonyl (C=O) groups is 3. The summed E-state index contributed by atoms with van der Waals surface area (Å²) >= 11 is 0. The van der Waals surface area contributed by atoms with E-state index in [0.717, 1.165) is 0 Å². The van der Waals surface area contributed by atoms with Crippen LogP contribution in [-0.4, -0.2) is 139 Å². The van der Waals surface area contributed by atoms with Crippen molar-refractivity contribution in [1.82, 2.24) is 15.5 Å². The lowest BCUT2D eigenvalue weighted by molar-refractivity contribution is -0.311. The van der Waals surface area contributed by atoms with Gasteiger partial charge in [0.25, 0.3) is 23.1 Å². The van der Waals surface area contributed by atoms with Crippen LogP contribution in [0.15, 0.2) is 33.9 Å². The third-order valence-corrected chi connectivity index (χ3v) is 9.07. The fourth-order valence-electron chi connectivity index (χ4n) is 5.88. The number of ether oxygens (including phenoxy) is 3. The highest BCUT2D eigenvalue weighted by Crippen LogP contribution is 2.34. The number of aliphatic carboxylic acids is 1. The van der Waals surface area contributed by atoms with Crippen LogP contribution >= 0.6 is 0 Å². The Bertz CT molecular complexity index is 1700. The molecule has 6 atom stereocenters. The second kappa shape index (κ2) is 22.3. The predicted molar refractivity (Wildman–Crippen MR) is 199 cm³/mol. The largest absolute Gasteiger partial charge is 0.477 e. The van der Waals surface area contributed by atoms with Crippen molar-refractivity contribution in [2.45, 2.75) is 81.2 Å². The summed E-state index contributed by atoms with van der Waals surface area (Å²) in [5.74, 6) is -2.77. The van der Waals surface area contributed by atoms with E-state index in [2.05, 4.69) is 27.2 Å². The Morgan fingerprint density at radius 1 is 1.02 bits per heavy atom. The molecule has 56 heavy (non-hydrogen) atoms. The number of hydrogen-bond acceptors (Lipinski definition) is 14. The van der Waals surface area contributed by atoms with Gasteiger partial charge in [0.2, 0.25) is 11.8 Å². The Kier molecular flexibility index (Phi) is 18.2. The van der Waals surface area contributed by atoms with E-state index in [-0.39, 0.29) is 56.3 Å². The number of aliphatic hydroxyl groups excluding tert-OH is 3. The first-order chi connectivity index (χ1) is 26.6. The van der Waals surface area contributed by atoms with E-state index in [4.69, 9.17) is 20.6 Å². The molecule has 0 aliphatic carbocycles. The third kappa shape index (κ3) is 13.0. The number of carboxylic acids is 1. The molecule has 19 heteroatoms. The molecule has 3 rings (SSSR count). The molecule has 1 aliphatic heterocycles. The molecule has 2 aromatic carbocycles. The number of rotatable bonds is 25. The molecule has 8 N–H and O–H groups in total. The first-order valence-electron chi connectivity index (χ1n) is 18.1. The molecule has 1 fully saturated rings. The van der Waals surface area contributed by atoms with E-state index in [1.807, 2.05) is 0 Å². The van der Waals surface area contributed by atoms with Crippen molar-refractivity contribution in [1.29, 1.82) is 0 Å². The van der Waals surface area contributed by atoms with E-state index in [0.29, 0.717) is 37.8 Å². The van der Waals surface area contributed by atoms with Gasteiger partial charge in [-0.1, -0.05) is 43.0 Å². The van der Waals surface area contributed by atoms with Crippen LogP contribution in [0, 0.1) is 12.3 Å². The lowest BCUT2D eigenvalue weighted by atomic mass is 9.88. The first kappa shape index (κ1) is 45.8. The molecule has 0 radical (unpaired) electrons. The van der Waals surface area contributed by atoms with Crippen LogP contribution in [0.4, 0.5) is 20.2 Å². The summed E-state index contributed by atoms with van der Waals surface area (Å²) in [6.07, 6.45) is -3.13. The highest BCUT2D eigenvalue weighted by molar-refractivity contribution is 5.79. The molecule has 1 aliphatic rings. The number of unbranched alkanes of at least 4 members (excludes halogenated alkanes) is 3. The molecule has 2 amide bonds. The number of likely N-dealkylation sites (N-methyl/N-ethyl adjacent to an activating group) is 1. The Hall–Kier alpha value is -4.55. The minimum Gasteiger partial charge on any atom is -0.477 e. The average molecular weight is 796 g/mol. The average Bonchev–Trinajstić information content (AvgIpc) is 3.16. The molecule has 0 saturated carbocycles. The van der Waals surface area contributed by atoms with Gasteiger partial charge in [-0.25, -0.2) is 13.6 Å². The van der Waals surface area contributed by atoms with Gasteiger partial charge in [0.05, 0.1) is 44.4 Å². The number of halogens is 2. The maximum atomic E-state index is 12.9. The summed E-state index contributed by atoms with van der Waals surface area (Å²) in [6, 6.07) is 3.81. The fraction of sp³-hybridized carbons (Fsp3) is 0.595. The Morgan fingerprint density at radius 3 is 2.27 bits per heavy atom. The number of anilines is 2. The van der Waals surface area contributed by atoms with Gasteiger partial charge >= 0.3 is 5.97 Å². The van der Waals surface area contributed by atoms with Crippen LogP contribution < -0.4 is 32.1 Å². The lowest BCUT2D eigenvalue weighted by Crippen LogP contribution is -2.68. The second-order valence-corrected chi connectivity index (χ2v) is 13.5. The SMILES string of the molecule is C#CCOCCNc1c(NCCCCCCO[C@]2(C(=O)O)C[C@H](O)[C@@H](NCC(=O)N(C)C)[C@H]([C@H](O)[C@H](O)CNC(=O)Cc3ccc(C(F)F)cc3)O2)c(=O)c1=O. The zero-order valence-corrected chi connectivity index (χ0v) is 31.3. The number of terminal acetylenes is 1. The summed E-state index contributed by atoms with van der Waals surface area (Å²) < 4.78 is 42.4. The number of benzene rings is 1. The van der Waals surface area contributed by atoms with Gasteiger partial charge in [-0.2, -0.15) is 0 Å². The number of carboxylic acid groups (broad SMARTS) is 1. The zero-order chi connectivity index (χ0) is 41.4. The van der Waals surface area contributed by atoms with Crippen LogP contribution in [0.1, 0.15) is 49.7 Å². The summed E-state index contributed by atoms with van der Waals surface area (Å²) in [6.45, 7) is 0.0322. The molecular weight excluding hydrogens is 744 g/mol. The topological polar surface area (TPSA) is 245 Å². The van der Waals surface area contributed by atoms with E-state index in [1.165, 1.54) is 43.3 Å². The van der Waals surface area contributed by atoms with Gasteiger partial charge in [0.1, 0.15) is 30.2 Å². The van der Waals surface area contributed by atoms with Crippen LogP contribution in [0.5, 0.6) is 0 Å². The molecule has 0 bridgehead atoms. The van der Waals surface area contributed by atoms with Gasteiger partial charge in [-0.15, -0.1) is 6.42 Å². The highest BCUT2D eigenvalue weighted by atomic mass is 19.3. The highest BCUT2D eigenvalue weighted by Gasteiger charge is 2.55. The number of amides is 2. The van der Waals surface area contributed by atoms with Crippen molar-refractivity contribution >= 4 is 29.2 Å².